The smallest absolute Gasteiger partial charge is 0.137 e. The van der Waals surface area contributed by atoms with E-state index < -0.39 is 0 Å². The van der Waals surface area contributed by atoms with Gasteiger partial charge in [0, 0.05) is 38.3 Å². The maximum absolute atomic E-state index is 9.20. The molecule has 0 fully saturated rings. The molecule has 5 aromatic rings. The summed E-state index contributed by atoms with van der Waals surface area (Å²) in [7, 11) is 0. The zero-order valence-electron chi connectivity index (χ0n) is 22.5. The zero-order valence-corrected chi connectivity index (χ0v) is 23.3. The minimum Gasteiger partial charge on any atom is -0.295 e. The van der Waals surface area contributed by atoms with E-state index in [1.807, 2.05) is 24.4 Å². The number of aromatic nitrogens is 1. The van der Waals surface area contributed by atoms with Gasteiger partial charge in [-0.1, -0.05) is 74.0 Å². The highest BCUT2D eigenvalue weighted by Crippen LogP contribution is 2.53. The van der Waals surface area contributed by atoms with Gasteiger partial charge >= 0.3 is 0 Å². The summed E-state index contributed by atoms with van der Waals surface area (Å²) in [6.07, 6.45) is 3.63. The van der Waals surface area contributed by atoms with E-state index in [-0.39, 0.29) is 11.0 Å². The lowest BCUT2D eigenvalue weighted by Crippen LogP contribution is -2.17. The molecule has 0 saturated carbocycles. The number of nitrogens with zero attached hydrogens (tertiary/aromatic N) is 4. The third kappa shape index (κ3) is 4.37. The Hall–Kier alpha value is -4.97. The van der Waals surface area contributed by atoms with E-state index in [0.29, 0.717) is 0 Å². The molecule has 0 aliphatic heterocycles. The van der Waals surface area contributed by atoms with Gasteiger partial charge in [-0.25, -0.2) is 4.98 Å². The van der Waals surface area contributed by atoms with Crippen molar-refractivity contribution in [2.24, 2.45) is 0 Å². The summed E-state index contributed by atoms with van der Waals surface area (Å²) in [6, 6.07) is 35.8. The van der Waals surface area contributed by atoms with Crippen molar-refractivity contribution in [3.63, 3.8) is 0 Å². The number of thiophene rings is 1. The number of pyridine rings is 1. The van der Waals surface area contributed by atoms with Gasteiger partial charge in [0.25, 0.3) is 0 Å². The zero-order chi connectivity index (χ0) is 27.9. The van der Waals surface area contributed by atoms with Crippen molar-refractivity contribution in [1.29, 1.82) is 10.5 Å². The first-order valence-corrected chi connectivity index (χ1v) is 13.9. The van der Waals surface area contributed by atoms with Crippen molar-refractivity contribution in [3.8, 4) is 33.7 Å². The molecule has 5 heteroatoms. The summed E-state index contributed by atoms with van der Waals surface area (Å²) in [6.45, 7) is 6.54. The average Bonchev–Trinajstić information content (AvgIpc) is 3.50. The average molecular weight is 535 g/mol. The molecule has 6 rings (SSSR count). The number of nitriles is 2. The lowest BCUT2D eigenvalue weighted by Gasteiger charge is -2.27. The van der Waals surface area contributed by atoms with E-state index in [9.17, 15) is 10.5 Å². The molecule has 0 saturated heterocycles. The quantitative estimate of drug-likeness (QED) is 0.211. The van der Waals surface area contributed by atoms with Crippen LogP contribution in [-0.2, 0) is 5.41 Å². The fraction of sp³-hybridized carbons (Fsp3) is 0.114. The lowest BCUT2D eigenvalue weighted by molar-refractivity contribution is 0.661. The monoisotopic (exact) mass is 534 g/mol. The van der Waals surface area contributed by atoms with Gasteiger partial charge in [0.05, 0.1) is 0 Å². The molecule has 2 heterocycles. The fourth-order valence-electron chi connectivity index (χ4n) is 5.33. The number of hydrogen-bond donors (Lipinski definition) is 0. The molecule has 1 aliphatic rings. The van der Waals surface area contributed by atoms with Crippen LogP contribution in [0.4, 0.5) is 17.2 Å². The van der Waals surface area contributed by atoms with E-state index in [0.717, 1.165) is 32.5 Å². The van der Waals surface area contributed by atoms with Crippen molar-refractivity contribution in [2.45, 2.75) is 26.2 Å². The lowest BCUT2D eigenvalue weighted by atomic mass is 9.83. The minimum atomic E-state index is -0.249. The number of hydrogen-bond acceptors (Lipinski definition) is 5. The molecule has 0 unspecified atom stereocenters. The maximum atomic E-state index is 9.20. The second-order valence-electron chi connectivity index (χ2n) is 10.5. The number of fused-ring (bicyclic) bond motifs is 3. The number of benzene rings is 3. The van der Waals surface area contributed by atoms with Crippen molar-refractivity contribution in [2.75, 3.05) is 4.90 Å². The first-order valence-electron chi connectivity index (χ1n) is 13.1. The van der Waals surface area contributed by atoms with Crippen LogP contribution in [0.3, 0.4) is 0 Å². The minimum absolute atomic E-state index is 0.110. The third-order valence-electron chi connectivity index (χ3n) is 7.51. The Kier molecular flexibility index (Phi) is 6.31. The van der Waals surface area contributed by atoms with Gasteiger partial charge < -0.3 is 0 Å². The number of rotatable bonds is 5. The van der Waals surface area contributed by atoms with E-state index >= 15 is 0 Å². The topological polar surface area (TPSA) is 63.7 Å². The molecule has 0 atom stereocenters. The van der Waals surface area contributed by atoms with Crippen LogP contribution in [0.25, 0.3) is 27.6 Å². The molecular formula is C35H26N4S. The maximum Gasteiger partial charge on any atom is 0.137 e. The Balaban J connectivity index is 1.44. The van der Waals surface area contributed by atoms with Crippen LogP contribution in [0.15, 0.2) is 103 Å². The van der Waals surface area contributed by atoms with Crippen molar-refractivity contribution >= 4 is 34.6 Å². The van der Waals surface area contributed by atoms with E-state index in [4.69, 9.17) is 4.98 Å². The van der Waals surface area contributed by atoms with Crippen LogP contribution in [0.1, 0.15) is 35.4 Å². The normalized spacial score (nSPS) is 12.5. The van der Waals surface area contributed by atoms with Crippen LogP contribution in [0.5, 0.6) is 0 Å². The molecule has 3 aromatic carbocycles. The predicted octanol–water partition coefficient (Wildman–Crippen LogP) is 9.33. The first kappa shape index (κ1) is 25.3. The largest absolute Gasteiger partial charge is 0.295 e. The molecule has 0 N–H and O–H groups in total. The Morgan fingerprint density at radius 1 is 0.825 bits per heavy atom. The Labute approximate surface area is 238 Å². The SMILES string of the molecule is Cc1ccc(N(c2ccc(-c3ccccc3)cc2)c2cc3c(cn2)-c2sc(C=C(C#N)C#N)cc2C3(C)C)cc1. The highest BCUT2D eigenvalue weighted by molar-refractivity contribution is 7.16. The first-order chi connectivity index (χ1) is 19.4. The molecule has 40 heavy (non-hydrogen) atoms. The molecule has 0 spiro atoms. The van der Waals surface area contributed by atoms with Crippen molar-refractivity contribution < 1.29 is 0 Å². The summed E-state index contributed by atoms with van der Waals surface area (Å²) in [5.41, 5.74) is 9.02. The number of anilines is 3. The summed E-state index contributed by atoms with van der Waals surface area (Å²) in [5, 5.41) is 18.4. The predicted molar refractivity (Wildman–Crippen MR) is 164 cm³/mol. The van der Waals surface area contributed by atoms with Crippen molar-refractivity contribution in [3.05, 3.63) is 124 Å². The van der Waals surface area contributed by atoms with Crippen LogP contribution in [-0.4, -0.2) is 4.98 Å². The van der Waals surface area contributed by atoms with E-state index in [1.165, 1.54) is 27.8 Å². The van der Waals surface area contributed by atoms with Gasteiger partial charge in [0.15, 0.2) is 0 Å². The number of aryl methyl sites for hydroxylation is 1. The molecule has 0 radical (unpaired) electrons. The van der Waals surface area contributed by atoms with Crippen LogP contribution in [0, 0.1) is 29.6 Å². The highest BCUT2D eigenvalue weighted by Gasteiger charge is 2.38. The van der Waals surface area contributed by atoms with E-state index in [2.05, 4.69) is 111 Å². The fourth-order valence-corrected chi connectivity index (χ4v) is 6.61. The van der Waals surface area contributed by atoms with Gasteiger partial charge in [-0.3, -0.25) is 4.90 Å². The van der Waals surface area contributed by atoms with Crippen LogP contribution in [0.2, 0.25) is 0 Å². The standard InChI is InChI=1S/C35H26N4S/c1-23-9-13-27(14-10-23)39(28-15-11-26(12-16-28)25-7-5-4-6-8-25)33-19-31-30(22-38-33)34-32(35(31,2)3)18-29(40-34)17-24(20-36)21-37/h4-19,22H,1-3H3. The summed E-state index contributed by atoms with van der Waals surface area (Å²) in [5.74, 6) is 0.856. The van der Waals surface area contributed by atoms with Gasteiger partial charge in [-0.2, -0.15) is 10.5 Å². The molecule has 2 aromatic heterocycles. The Morgan fingerprint density at radius 3 is 2.10 bits per heavy atom. The molecule has 0 bridgehead atoms. The van der Waals surface area contributed by atoms with Crippen LogP contribution >= 0.6 is 11.3 Å². The second-order valence-corrected chi connectivity index (χ2v) is 11.6. The number of allylic oxidation sites excluding steroid dienone is 1. The Bertz CT molecular complexity index is 1820. The van der Waals surface area contributed by atoms with Gasteiger partial charge in [0.2, 0.25) is 0 Å². The van der Waals surface area contributed by atoms with E-state index in [1.54, 1.807) is 17.4 Å². The van der Waals surface area contributed by atoms with Gasteiger partial charge in [-0.15, -0.1) is 11.3 Å². The third-order valence-corrected chi connectivity index (χ3v) is 8.63. The summed E-state index contributed by atoms with van der Waals surface area (Å²) in [4.78, 5) is 9.25. The molecule has 4 nitrogen and oxygen atoms in total. The van der Waals surface area contributed by atoms with Gasteiger partial charge in [-0.05, 0) is 71.7 Å². The Morgan fingerprint density at radius 2 is 1.45 bits per heavy atom. The molecule has 1 aliphatic carbocycles. The second kappa shape index (κ2) is 9.97. The summed E-state index contributed by atoms with van der Waals surface area (Å²) < 4.78 is 0. The van der Waals surface area contributed by atoms with Crippen molar-refractivity contribution in [1.82, 2.24) is 4.98 Å². The molecule has 192 valence electrons. The molecular weight excluding hydrogens is 508 g/mol. The molecule has 0 amide bonds. The highest BCUT2D eigenvalue weighted by atomic mass is 32.1. The summed E-state index contributed by atoms with van der Waals surface area (Å²) >= 11 is 1.60. The van der Waals surface area contributed by atoms with Crippen LogP contribution < -0.4 is 4.90 Å². The van der Waals surface area contributed by atoms with Gasteiger partial charge in [0.1, 0.15) is 23.5 Å².